The van der Waals surface area contributed by atoms with E-state index in [1.165, 1.54) is 0 Å². The van der Waals surface area contributed by atoms with E-state index in [1.807, 2.05) is 13.8 Å². The second-order valence-electron chi connectivity index (χ2n) is 4.48. The zero-order chi connectivity index (χ0) is 14.2. The summed E-state index contributed by atoms with van der Waals surface area (Å²) in [5.74, 6) is -0.343. The van der Waals surface area contributed by atoms with Crippen LogP contribution in [0.15, 0.2) is 10.9 Å². The Morgan fingerprint density at radius 3 is 2.68 bits per heavy atom. The van der Waals surface area contributed by atoms with Gasteiger partial charge in [0.15, 0.2) is 0 Å². The molecule has 0 aliphatic carbocycles. The predicted molar refractivity (Wildman–Crippen MR) is 72.5 cm³/mol. The fourth-order valence-corrected chi connectivity index (χ4v) is 2.40. The lowest BCUT2D eigenvalue weighted by Crippen LogP contribution is -2.15. The van der Waals surface area contributed by atoms with Crippen LogP contribution in [0.25, 0.3) is 10.9 Å². The average molecular weight is 260 g/mol. The van der Waals surface area contributed by atoms with Crippen molar-refractivity contribution in [1.82, 2.24) is 9.97 Å². The molecule has 0 saturated carbocycles. The highest BCUT2D eigenvalue weighted by Gasteiger charge is 2.18. The Morgan fingerprint density at radius 1 is 1.37 bits per heavy atom. The van der Waals surface area contributed by atoms with Crippen molar-refractivity contribution < 1.29 is 9.53 Å². The van der Waals surface area contributed by atoms with E-state index in [1.54, 1.807) is 19.9 Å². The number of nitrogens with one attached hydrogen (secondary N) is 1. The molecule has 0 radical (unpaired) electrons. The molecule has 5 heteroatoms. The van der Waals surface area contributed by atoms with Crippen LogP contribution in [0, 0.1) is 20.8 Å². The summed E-state index contributed by atoms with van der Waals surface area (Å²) < 4.78 is 5.07. The van der Waals surface area contributed by atoms with Gasteiger partial charge in [-0.05, 0) is 44.9 Å². The first-order valence-electron chi connectivity index (χ1n) is 6.13. The molecule has 0 spiro atoms. The first-order chi connectivity index (χ1) is 8.95. The normalized spacial score (nSPS) is 10.7. The molecule has 0 saturated heterocycles. The number of nitrogens with zero attached hydrogens (tertiary/aromatic N) is 1. The Bertz CT molecular complexity index is 717. The maximum Gasteiger partial charge on any atom is 0.345 e. The van der Waals surface area contributed by atoms with E-state index in [0.29, 0.717) is 23.4 Å². The summed E-state index contributed by atoms with van der Waals surface area (Å²) in [4.78, 5) is 30.0. The van der Waals surface area contributed by atoms with Crippen molar-refractivity contribution in [2.24, 2.45) is 0 Å². The number of aromatic amines is 1. The molecule has 0 bridgehead atoms. The number of H-pyrrole nitrogens is 1. The Labute approximate surface area is 110 Å². The molecule has 2 aromatic rings. The number of hydrogen-bond donors (Lipinski definition) is 1. The van der Waals surface area contributed by atoms with Gasteiger partial charge in [-0.25, -0.2) is 9.59 Å². The molecule has 0 fully saturated rings. The molecule has 2 rings (SSSR count). The van der Waals surface area contributed by atoms with Crippen molar-refractivity contribution in [2.45, 2.75) is 27.7 Å². The topological polar surface area (TPSA) is 72.0 Å². The number of aromatic nitrogens is 2. The molecule has 1 N–H and O–H groups in total. The number of ether oxygens (including phenoxy) is 1. The van der Waals surface area contributed by atoms with E-state index in [-0.39, 0.29) is 11.7 Å². The molecule has 5 nitrogen and oxygen atoms in total. The van der Waals surface area contributed by atoms with Gasteiger partial charge in [0.2, 0.25) is 0 Å². The minimum absolute atomic E-state index is 0.332. The lowest BCUT2D eigenvalue weighted by atomic mass is 9.97. The van der Waals surface area contributed by atoms with E-state index in [9.17, 15) is 9.59 Å². The van der Waals surface area contributed by atoms with E-state index in [2.05, 4.69) is 9.97 Å². The zero-order valence-electron chi connectivity index (χ0n) is 11.5. The fourth-order valence-electron chi connectivity index (χ4n) is 2.40. The third kappa shape index (κ3) is 2.23. The van der Waals surface area contributed by atoms with Crippen LogP contribution in [-0.4, -0.2) is 22.5 Å². The smallest absolute Gasteiger partial charge is 0.345 e. The number of carbonyl (C=O) groups is 1. The van der Waals surface area contributed by atoms with Crippen molar-refractivity contribution in [3.63, 3.8) is 0 Å². The standard InChI is InChI=1S/C14H16N2O3/c1-5-19-13(17)11-7(2)6-10-12(8(11)3)9(4)15-14(18)16-10/h6H,5H2,1-4H3,(H,15,16,18). The number of esters is 1. The van der Waals surface area contributed by atoms with Gasteiger partial charge in [0.25, 0.3) is 0 Å². The largest absolute Gasteiger partial charge is 0.462 e. The van der Waals surface area contributed by atoms with Crippen LogP contribution in [0.4, 0.5) is 0 Å². The van der Waals surface area contributed by atoms with Crippen molar-refractivity contribution in [1.29, 1.82) is 0 Å². The number of benzene rings is 1. The monoisotopic (exact) mass is 260 g/mol. The summed E-state index contributed by atoms with van der Waals surface area (Å²) in [7, 11) is 0. The molecule has 100 valence electrons. The number of aryl methyl sites for hydroxylation is 3. The van der Waals surface area contributed by atoms with Gasteiger partial charge >= 0.3 is 11.7 Å². The van der Waals surface area contributed by atoms with Crippen LogP contribution < -0.4 is 5.69 Å². The second-order valence-corrected chi connectivity index (χ2v) is 4.48. The summed E-state index contributed by atoms with van der Waals surface area (Å²) >= 11 is 0. The van der Waals surface area contributed by atoms with Crippen LogP contribution in [0.3, 0.4) is 0 Å². The van der Waals surface area contributed by atoms with Gasteiger partial charge in [-0.15, -0.1) is 0 Å². The lowest BCUT2D eigenvalue weighted by molar-refractivity contribution is 0.0525. The van der Waals surface area contributed by atoms with E-state index in [0.717, 1.165) is 16.5 Å². The minimum Gasteiger partial charge on any atom is -0.462 e. The third-order valence-electron chi connectivity index (χ3n) is 3.12. The SMILES string of the molecule is CCOC(=O)c1c(C)cc2nc(=O)[nH]c(C)c2c1C. The lowest BCUT2D eigenvalue weighted by Gasteiger charge is -2.12. The van der Waals surface area contributed by atoms with Crippen LogP contribution in [0.5, 0.6) is 0 Å². The number of fused-ring (bicyclic) bond motifs is 1. The fraction of sp³-hybridized carbons (Fsp3) is 0.357. The Hall–Kier alpha value is -2.17. The van der Waals surface area contributed by atoms with Crippen LogP contribution in [0.1, 0.15) is 34.1 Å². The third-order valence-corrected chi connectivity index (χ3v) is 3.12. The van der Waals surface area contributed by atoms with Crippen molar-refractivity contribution in [3.8, 4) is 0 Å². The molecule has 0 aliphatic rings. The van der Waals surface area contributed by atoms with Gasteiger partial charge in [-0.3, -0.25) is 0 Å². The van der Waals surface area contributed by atoms with Gasteiger partial charge in [0, 0.05) is 11.1 Å². The second kappa shape index (κ2) is 4.84. The van der Waals surface area contributed by atoms with Crippen LogP contribution in [-0.2, 0) is 4.74 Å². The Balaban J connectivity index is 2.82. The first-order valence-corrected chi connectivity index (χ1v) is 6.13. The molecule has 0 unspecified atom stereocenters. The van der Waals surface area contributed by atoms with Gasteiger partial charge in [-0.1, -0.05) is 0 Å². The van der Waals surface area contributed by atoms with Crippen LogP contribution in [0.2, 0.25) is 0 Å². The first kappa shape index (κ1) is 13.3. The highest BCUT2D eigenvalue weighted by atomic mass is 16.5. The number of hydrogen-bond acceptors (Lipinski definition) is 4. The van der Waals surface area contributed by atoms with E-state index < -0.39 is 0 Å². The molecule has 1 aromatic carbocycles. The summed E-state index contributed by atoms with van der Waals surface area (Å²) in [5.41, 5.74) is 3.02. The van der Waals surface area contributed by atoms with Crippen molar-refractivity contribution >= 4 is 16.9 Å². The van der Waals surface area contributed by atoms with Crippen molar-refractivity contribution in [3.05, 3.63) is 38.9 Å². The number of rotatable bonds is 2. The summed E-state index contributed by atoms with van der Waals surface area (Å²) in [6.07, 6.45) is 0. The maximum atomic E-state index is 12.0. The predicted octanol–water partition coefficient (Wildman–Crippen LogP) is 2.03. The van der Waals surface area contributed by atoms with Gasteiger partial charge in [0.05, 0.1) is 17.7 Å². The maximum absolute atomic E-state index is 12.0. The highest BCUT2D eigenvalue weighted by Crippen LogP contribution is 2.25. The van der Waals surface area contributed by atoms with Crippen LogP contribution >= 0.6 is 0 Å². The zero-order valence-corrected chi connectivity index (χ0v) is 11.5. The molecule has 1 aromatic heterocycles. The molecule has 0 amide bonds. The molecular formula is C14H16N2O3. The van der Waals surface area contributed by atoms with Gasteiger partial charge in [0.1, 0.15) is 0 Å². The van der Waals surface area contributed by atoms with Gasteiger partial charge in [-0.2, -0.15) is 4.98 Å². The summed E-state index contributed by atoms with van der Waals surface area (Å²) in [6, 6.07) is 1.75. The molecule has 0 aliphatic heterocycles. The van der Waals surface area contributed by atoms with E-state index >= 15 is 0 Å². The Morgan fingerprint density at radius 2 is 2.05 bits per heavy atom. The summed E-state index contributed by atoms with van der Waals surface area (Å²) in [6.45, 7) is 7.56. The highest BCUT2D eigenvalue weighted by molar-refractivity contribution is 5.99. The number of carbonyl (C=O) groups excluding carboxylic acids is 1. The van der Waals surface area contributed by atoms with Crippen molar-refractivity contribution in [2.75, 3.05) is 6.61 Å². The minimum atomic E-state index is -0.382. The molecule has 1 heterocycles. The van der Waals surface area contributed by atoms with E-state index in [4.69, 9.17) is 4.74 Å². The quantitative estimate of drug-likeness (QED) is 0.838. The Kier molecular flexibility index (Phi) is 3.38. The molecule has 19 heavy (non-hydrogen) atoms. The molecular weight excluding hydrogens is 244 g/mol. The molecule has 0 atom stereocenters. The van der Waals surface area contributed by atoms with Gasteiger partial charge < -0.3 is 9.72 Å². The average Bonchev–Trinajstić information content (AvgIpc) is 2.27. The summed E-state index contributed by atoms with van der Waals surface area (Å²) in [5, 5.41) is 0.799.